The molecule has 0 amide bonds. The van der Waals surface area contributed by atoms with E-state index in [0.29, 0.717) is 0 Å². The molecule has 0 spiro atoms. The lowest BCUT2D eigenvalue weighted by Crippen LogP contribution is -2.28. The van der Waals surface area contributed by atoms with Crippen LogP contribution in [0.25, 0.3) is 10.1 Å². The van der Waals surface area contributed by atoms with E-state index in [-0.39, 0.29) is 12.2 Å². The predicted molar refractivity (Wildman–Crippen MR) is 97.9 cm³/mol. The Kier molecular flexibility index (Phi) is 4.71. The van der Waals surface area contributed by atoms with Crippen LogP contribution < -0.4 is 4.74 Å². The number of carbonyl (C=O) groups is 1. The third-order valence-corrected chi connectivity index (χ3v) is 5.52. The van der Waals surface area contributed by atoms with E-state index in [1.54, 1.807) is 11.3 Å². The fourth-order valence-electron chi connectivity index (χ4n) is 2.70. The van der Waals surface area contributed by atoms with Crippen LogP contribution in [0.3, 0.4) is 0 Å². The fraction of sp³-hybridized carbons (Fsp3) is 0.250. The second kappa shape index (κ2) is 6.68. The van der Waals surface area contributed by atoms with Gasteiger partial charge in [-0.15, -0.1) is 11.3 Å². The Morgan fingerprint density at radius 1 is 1.19 bits per heavy atom. The van der Waals surface area contributed by atoms with Crippen LogP contribution >= 0.6 is 11.3 Å². The third kappa shape index (κ3) is 3.29. The van der Waals surface area contributed by atoms with Crippen molar-refractivity contribution in [2.75, 3.05) is 0 Å². The van der Waals surface area contributed by atoms with Gasteiger partial charge in [-0.1, -0.05) is 18.2 Å². The number of thiophene rings is 1. The zero-order chi connectivity index (χ0) is 19.1. The van der Waals surface area contributed by atoms with Crippen molar-refractivity contribution in [3.05, 3.63) is 64.0 Å². The Labute approximate surface area is 153 Å². The van der Waals surface area contributed by atoms with Crippen molar-refractivity contribution in [3.8, 4) is 5.75 Å². The van der Waals surface area contributed by atoms with Gasteiger partial charge in [-0.3, -0.25) is 4.79 Å². The lowest BCUT2D eigenvalue weighted by Gasteiger charge is -2.20. The first kappa shape index (κ1) is 18.3. The molecule has 3 aromatic rings. The van der Waals surface area contributed by atoms with Gasteiger partial charge in [-0.2, -0.15) is 0 Å². The highest BCUT2D eigenvalue weighted by molar-refractivity contribution is 7.19. The van der Waals surface area contributed by atoms with Gasteiger partial charge < -0.3 is 9.84 Å². The third-order valence-electron chi connectivity index (χ3n) is 4.38. The van der Waals surface area contributed by atoms with Crippen molar-refractivity contribution >= 4 is 27.4 Å². The lowest BCUT2D eigenvalue weighted by atomic mass is 9.84. The Morgan fingerprint density at radius 2 is 1.85 bits per heavy atom. The van der Waals surface area contributed by atoms with E-state index < -0.39 is 28.8 Å². The summed E-state index contributed by atoms with van der Waals surface area (Å²) >= 11 is 1.60. The molecule has 0 saturated heterocycles. The maximum absolute atomic E-state index is 14.4. The normalized spacial score (nSPS) is 11.7. The molecule has 0 atom stereocenters. The molecule has 6 heteroatoms. The minimum atomic E-state index is -1.40. The van der Waals surface area contributed by atoms with E-state index in [9.17, 15) is 18.7 Å². The molecule has 0 bridgehead atoms. The minimum absolute atomic E-state index is 0.0206. The van der Waals surface area contributed by atoms with Crippen LogP contribution in [0.1, 0.15) is 29.9 Å². The smallest absolute Gasteiger partial charge is 0.313 e. The maximum atomic E-state index is 14.4. The van der Waals surface area contributed by atoms with Gasteiger partial charge in [0.2, 0.25) is 0 Å². The SMILES string of the molecule is Cc1cc2cccc(COc3c(F)cc(C(C)(C)C(=O)O)cc3F)c2s1. The summed E-state index contributed by atoms with van der Waals surface area (Å²) in [5, 5.41) is 10.3. The fourth-order valence-corrected chi connectivity index (χ4v) is 3.71. The topological polar surface area (TPSA) is 46.5 Å². The molecule has 3 rings (SSSR count). The highest BCUT2D eigenvalue weighted by Crippen LogP contribution is 2.33. The summed E-state index contributed by atoms with van der Waals surface area (Å²) < 4.78 is 35.2. The molecule has 0 saturated carbocycles. The van der Waals surface area contributed by atoms with Gasteiger partial charge in [0.15, 0.2) is 17.4 Å². The first-order chi connectivity index (χ1) is 12.2. The van der Waals surface area contributed by atoms with Gasteiger partial charge in [0.25, 0.3) is 0 Å². The molecule has 0 unspecified atom stereocenters. The zero-order valence-corrected chi connectivity index (χ0v) is 15.4. The van der Waals surface area contributed by atoms with Crippen molar-refractivity contribution in [2.24, 2.45) is 0 Å². The average Bonchev–Trinajstić information content (AvgIpc) is 2.94. The van der Waals surface area contributed by atoms with Crippen molar-refractivity contribution in [2.45, 2.75) is 32.8 Å². The van der Waals surface area contributed by atoms with Gasteiger partial charge in [-0.05, 0) is 49.9 Å². The van der Waals surface area contributed by atoms with Crippen LogP contribution in [0.15, 0.2) is 36.4 Å². The number of rotatable bonds is 5. The number of aryl methyl sites for hydroxylation is 1. The summed E-state index contributed by atoms with van der Waals surface area (Å²) in [5.41, 5.74) is -0.516. The second-order valence-electron chi connectivity index (χ2n) is 6.68. The molecule has 0 radical (unpaired) electrons. The summed E-state index contributed by atoms with van der Waals surface area (Å²) in [7, 11) is 0. The van der Waals surface area contributed by atoms with E-state index in [2.05, 4.69) is 0 Å². The zero-order valence-electron chi connectivity index (χ0n) is 14.6. The first-order valence-electron chi connectivity index (χ1n) is 8.04. The Hall–Kier alpha value is -2.47. The predicted octanol–water partition coefficient (Wildman–Crippen LogP) is 5.43. The molecule has 3 nitrogen and oxygen atoms in total. The van der Waals surface area contributed by atoms with Crippen LogP contribution in [-0.2, 0) is 16.8 Å². The number of benzene rings is 2. The van der Waals surface area contributed by atoms with E-state index in [4.69, 9.17) is 4.74 Å². The largest absolute Gasteiger partial charge is 0.483 e. The van der Waals surface area contributed by atoms with Crippen LogP contribution in [0.5, 0.6) is 5.75 Å². The van der Waals surface area contributed by atoms with Gasteiger partial charge in [0.05, 0.1) is 5.41 Å². The van der Waals surface area contributed by atoms with Crippen LogP contribution in [0.4, 0.5) is 8.78 Å². The van der Waals surface area contributed by atoms with Gasteiger partial charge in [0.1, 0.15) is 6.61 Å². The average molecular weight is 376 g/mol. The standard InChI is InChI=1S/C20H18F2O3S/c1-11-7-12-5-4-6-13(18(12)26-11)10-25-17-15(21)8-14(9-16(17)22)20(2,3)19(23)24/h4-9H,10H2,1-3H3,(H,23,24). The number of halogens is 2. The highest BCUT2D eigenvalue weighted by atomic mass is 32.1. The number of carboxylic acid groups (broad SMARTS) is 1. The monoisotopic (exact) mass is 376 g/mol. The summed E-state index contributed by atoms with van der Waals surface area (Å²) in [6.07, 6.45) is 0. The molecule has 136 valence electrons. The number of fused-ring (bicyclic) bond motifs is 1. The molecule has 1 aromatic heterocycles. The van der Waals surface area contributed by atoms with Crippen molar-refractivity contribution in [1.29, 1.82) is 0 Å². The van der Waals surface area contributed by atoms with Gasteiger partial charge in [-0.25, -0.2) is 8.78 Å². The molecule has 0 aliphatic rings. The maximum Gasteiger partial charge on any atom is 0.313 e. The second-order valence-corrected chi connectivity index (χ2v) is 7.94. The first-order valence-corrected chi connectivity index (χ1v) is 8.85. The minimum Gasteiger partial charge on any atom is -0.483 e. The molecular formula is C20H18F2O3S. The number of aliphatic carboxylic acids is 1. The van der Waals surface area contributed by atoms with Crippen molar-refractivity contribution in [3.63, 3.8) is 0 Å². The number of hydrogen-bond acceptors (Lipinski definition) is 3. The summed E-state index contributed by atoms with van der Waals surface area (Å²) in [5.74, 6) is -3.49. The molecule has 1 heterocycles. The number of carboxylic acids is 1. The Balaban J connectivity index is 1.90. The summed E-state index contributed by atoms with van der Waals surface area (Å²) in [4.78, 5) is 12.4. The summed E-state index contributed by atoms with van der Waals surface area (Å²) in [6, 6.07) is 9.79. The van der Waals surface area contributed by atoms with E-state index in [0.717, 1.165) is 32.7 Å². The van der Waals surface area contributed by atoms with Crippen molar-refractivity contribution in [1.82, 2.24) is 0 Å². The molecule has 0 fully saturated rings. The van der Waals surface area contributed by atoms with Crippen LogP contribution in [0.2, 0.25) is 0 Å². The number of hydrogen-bond donors (Lipinski definition) is 1. The molecule has 0 aliphatic heterocycles. The van der Waals surface area contributed by atoms with Crippen LogP contribution in [-0.4, -0.2) is 11.1 Å². The molecule has 26 heavy (non-hydrogen) atoms. The van der Waals surface area contributed by atoms with Crippen molar-refractivity contribution < 1.29 is 23.4 Å². The van der Waals surface area contributed by atoms with Crippen LogP contribution in [0, 0.1) is 18.6 Å². The quantitative estimate of drug-likeness (QED) is 0.646. The highest BCUT2D eigenvalue weighted by Gasteiger charge is 2.31. The lowest BCUT2D eigenvalue weighted by molar-refractivity contribution is -0.142. The molecule has 2 aromatic carbocycles. The molecule has 0 aliphatic carbocycles. The summed E-state index contributed by atoms with van der Waals surface area (Å²) in [6.45, 7) is 4.80. The Bertz CT molecular complexity index is 969. The molecular weight excluding hydrogens is 358 g/mol. The van der Waals surface area contributed by atoms with E-state index in [1.807, 2.05) is 31.2 Å². The number of ether oxygens (including phenoxy) is 1. The van der Waals surface area contributed by atoms with Gasteiger partial charge in [0, 0.05) is 15.1 Å². The van der Waals surface area contributed by atoms with E-state index >= 15 is 0 Å². The van der Waals surface area contributed by atoms with E-state index in [1.165, 1.54) is 13.8 Å². The molecule has 1 N–H and O–H groups in total. The van der Waals surface area contributed by atoms with Gasteiger partial charge >= 0.3 is 5.97 Å². The Morgan fingerprint density at radius 3 is 2.46 bits per heavy atom.